The molecule has 1 aromatic heterocycles. The minimum absolute atomic E-state index is 0.534. The van der Waals surface area contributed by atoms with E-state index in [9.17, 15) is 0 Å². The predicted molar refractivity (Wildman–Crippen MR) is 42.1 cm³/mol. The molecular formula is C4H4BrN3S. The molecule has 5 heteroatoms. The molecular weight excluding hydrogens is 202 g/mol. The second-order valence-electron chi connectivity index (χ2n) is 1.36. The quantitative estimate of drug-likeness (QED) is 0.683. The third-order valence-corrected chi connectivity index (χ3v) is 2.14. The molecule has 0 aliphatic carbocycles. The van der Waals surface area contributed by atoms with Gasteiger partial charge >= 0.3 is 0 Å². The highest BCUT2D eigenvalue weighted by molar-refractivity contribution is 9.11. The van der Waals surface area contributed by atoms with Gasteiger partial charge in [-0.25, -0.2) is 4.98 Å². The number of aromatic nitrogens is 1. The van der Waals surface area contributed by atoms with Crippen LogP contribution in [0.4, 0.5) is 5.00 Å². The second kappa shape index (κ2) is 2.45. The summed E-state index contributed by atoms with van der Waals surface area (Å²) in [5.41, 5.74) is 5.96. The van der Waals surface area contributed by atoms with Crippen LogP contribution >= 0.6 is 27.3 Å². The lowest BCUT2D eigenvalue weighted by Crippen LogP contribution is -1.86. The molecule has 0 radical (unpaired) electrons. The number of rotatable bonds is 1. The number of anilines is 1. The van der Waals surface area contributed by atoms with Crippen LogP contribution in [0, 0.1) is 5.41 Å². The fourth-order valence-electron chi connectivity index (χ4n) is 0.419. The van der Waals surface area contributed by atoms with Crippen LogP contribution in [-0.2, 0) is 0 Å². The monoisotopic (exact) mass is 205 g/mol. The van der Waals surface area contributed by atoms with Gasteiger partial charge in [0.1, 0.15) is 10.7 Å². The van der Waals surface area contributed by atoms with Gasteiger partial charge in [0.15, 0.2) is 3.92 Å². The van der Waals surface area contributed by atoms with Crippen molar-refractivity contribution in [2.45, 2.75) is 0 Å². The summed E-state index contributed by atoms with van der Waals surface area (Å²) in [7, 11) is 0. The van der Waals surface area contributed by atoms with Crippen molar-refractivity contribution in [2.24, 2.45) is 0 Å². The number of halogens is 1. The summed E-state index contributed by atoms with van der Waals surface area (Å²) in [6.45, 7) is 0. The lowest BCUT2D eigenvalue weighted by Gasteiger charge is -1.80. The van der Waals surface area contributed by atoms with E-state index in [-0.39, 0.29) is 0 Å². The first-order chi connectivity index (χ1) is 4.24. The number of nitrogens with one attached hydrogen (secondary N) is 1. The maximum atomic E-state index is 6.82. The molecule has 9 heavy (non-hydrogen) atoms. The van der Waals surface area contributed by atoms with E-state index in [4.69, 9.17) is 11.1 Å². The Kier molecular flexibility index (Phi) is 1.82. The molecule has 3 nitrogen and oxygen atoms in total. The van der Waals surface area contributed by atoms with Crippen molar-refractivity contribution < 1.29 is 0 Å². The maximum Gasteiger partial charge on any atom is 0.161 e. The van der Waals surface area contributed by atoms with Gasteiger partial charge in [-0.2, -0.15) is 0 Å². The number of hydrogen-bond acceptors (Lipinski definition) is 4. The summed E-state index contributed by atoms with van der Waals surface area (Å²) in [4.78, 5) is 3.90. The molecule has 0 saturated carbocycles. The fourth-order valence-corrected chi connectivity index (χ4v) is 1.67. The number of nitrogen functional groups attached to an aromatic ring is 1. The van der Waals surface area contributed by atoms with Gasteiger partial charge in [-0.05, 0) is 15.9 Å². The van der Waals surface area contributed by atoms with Crippen LogP contribution in [0.3, 0.4) is 0 Å². The maximum absolute atomic E-state index is 6.82. The van der Waals surface area contributed by atoms with Crippen LogP contribution in [0.25, 0.3) is 0 Å². The van der Waals surface area contributed by atoms with Crippen LogP contribution in [0.2, 0.25) is 0 Å². The van der Waals surface area contributed by atoms with Gasteiger partial charge in [-0.3, -0.25) is 0 Å². The molecule has 0 amide bonds. The van der Waals surface area contributed by atoms with E-state index in [1.165, 1.54) is 11.3 Å². The van der Waals surface area contributed by atoms with Gasteiger partial charge in [0.2, 0.25) is 0 Å². The third-order valence-electron chi connectivity index (χ3n) is 0.792. The first kappa shape index (κ1) is 6.70. The average Bonchev–Trinajstić information content (AvgIpc) is 2.10. The summed E-state index contributed by atoms with van der Waals surface area (Å²) >= 11 is 4.47. The van der Waals surface area contributed by atoms with E-state index in [1.54, 1.807) is 0 Å². The minimum Gasteiger partial charge on any atom is -0.389 e. The van der Waals surface area contributed by atoms with Crippen molar-refractivity contribution in [2.75, 3.05) is 5.73 Å². The molecule has 0 saturated heterocycles. The van der Waals surface area contributed by atoms with Crippen LogP contribution in [0.1, 0.15) is 5.69 Å². The van der Waals surface area contributed by atoms with Crippen molar-refractivity contribution in [3.63, 3.8) is 0 Å². The molecule has 0 atom stereocenters. The predicted octanol–water partition coefficient (Wildman–Crippen LogP) is 1.49. The molecule has 0 aliphatic heterocycles. The zero-order valence-electron chi connectivity index (χ0n) is 4.39. The molecule has 0 spiro atoms. The lowest BCUT2D eigenvalue weighted by atomic mass is 10.5. The highest BCUT2D eigenvalue weighted by Gasteiger charge is 2.01. The topological polar surface area (TPSA) is 62.8 Å². The van der Waals surface area contributed by atoms with Gasteiger partial charge in [0, 0.05) is 6.21 Å². The summed E-state index contributed by atoms with van der Waals surface area (Å²) in [5, 5.41) is 7.40. The molecule has 48 valence electrons. The standard InChI is InChI=1S/C4H4BrN3S/c5-4-8-2(1-6)3(7)9-4/h1,6H,7H2. The van der Waals surface area contributed by atoms with Gasteiger partial charge < -0.3 is 11.1 Å². The summed E-state index contributed by atoms with van der Waals surface area (Å²) in [6, 6.07) is 0. The van der Waals surface area contributed by atoms with Crippen LogP contribution < -0.4 is 5.73 Å². The Morgan fingerprint density at radius 3 is 2.67 bits per heavy atom. The summed E-state index contributed by atoms with van der Waals surface area (Å²) in [6.07, 6.45) is 1.14. The summed E-state index contributed by atoms with van der Waals surface area (Å²) < 4.78 is 0.721. The Bertz CT molecular complexity index is 232. The van der Waals surface area contributed by atoms with Gasteiger partial charge in [-0.15, -0.1) is 0 Å². The van der Waals surface area contributed by atoms with Gasteiger partial charge in [-0.1, -0.05) is 11.3 Å². The Morgan fingerprint density at radius 2 is 2.44 bits per heavy atom. The Labute approximate surface area is 64.5 Å². The zero-order chi connectivity index (χ0) is 6.85. The SMILES string of the molecule is N=Cc1nc(Br)sc1N. The number of thiazole rings is 1. The molecule has 1 heterocycles. The van der Waals surface area contributed by atoms with E-state index < -0.39 is 0 Å². The summed E-state index contributed by atoms with van der Waals surface area (Å²) in [5.74, 6) is 0. The van der Waals surface area contributed by atoms with Crippen LogP contribution in [-0.4, -0.2) is 11.2 Å². The van der Waals surface area contributed by atoms with Crippen LogP contribution in [0.5, 0.6) is 0 Å². The molecule has 0 aromatic carbocycles. The molecule has 0 aliphatic rings. The Balaban J connectivity index is 3.15. The van der Waals surface area contributed by atoms with Crippen molar-refractivity contribution in [1.29, 1.82) is 5.41 Å². The van der Waals surface area contributed by atoms with Crippen molar-refractivity contribution >= 4 is 38.5 Å². The second-order valence-corrected chi connectivity index (χ2v) is 3.67. The van der Waals surface area contributed by atoms with Gasteiger partial charge in [0.05, 0.1) is 0 Å². The van der Waals surface area contributed by atoms with E-state index in [0.29, 0.717) is 10.7 Å². The van der Waals surface area contributed by atoms with Crippen molar-refractivity contribution in [3.8, 4) is 0 Å². The molecule has 1 aromatic rings. The smallest absolute Gasteiger partial charge is 0.161 e. The zero-order valence-corrected chi connectivity index (χ0v) is 6.79. The highest BCUT2D eigenvalue weighted by atomic mass is 79.9. The largest absolute Gasteiger partial charge is 0.389 e. The van der Waals surface area contributed by atoms with E-state index >= 15 is 0 Å². The third kappa shape index (κ3) is 1.28. The Morgan fingerprint density at radius 1 is 1.78 bits per heavy atom. The highest BCUT2D eigenvalue weighted by Crippen LogP contribution is 2.23. The number of nitrogens with zero attached hydrogens (tertiary/aromatic N) is 1. The Hall–Kier alpha value is -0.420. The first-order valence-corrected chi connectivity index (χ1v) is 3.77. The average molecular weight is 206 g/mol. The van der Waals surface area contributed by atoms with E-state index in [0.717, 1.165) is 10.1 Å². The molecule has 3 N–H and O–H groups in total. The van der Waals surface area contributed by atoms with Crippen LogP contribution in [0.15, 0.2) is 3.92 Å². The minimum atomic E-state index is 0.534. The van der Waals surface area contributed by atoms with Gasteiger partial charge in [0.25, 0.3) is 0 Å². The number of hydrogen-bond donors (Lipinski definition) is 2. The van der Waals surface area contributed by atoms with Crippen molar-refractivity contribution in [1.82, 2.24) is 4.98 Å². The molecule has 1 rings (SSSR count). The molecule has 0 bridgehead atoms. The number of nitrogens with two attached hydrogens (primary N) is 1. The fraction of sp³-hybridized carbons (Fsp3) is 0. The van der Waals surface area contributed by atoms with E-state index in [2.05, 4.69) is 20.9 Å². The lowest BCUT2D eigenvalue weighted by molar-refractivity contribution is 1.34. The van der Waals surface area contributed by atoms with E-state index in [1.807, 2.05) is 0 Å². The molecule has 0 fully saturated rings. The van der Waals surface area contributed by atoms with Crippen molar-refractivity contribution in [3.05, 3.63) is 9.61 Å². The normalized spacial score (nSPS) is 9.44. The first-order valence-electron chi connectivity index (χ1n) is 2.16. The molecule has 0 unspecified atom stereocenters.